The molecule has 0 heterocycles. The second kappa shape index (κ2) is 7.78. The number of nitrogens with two attached hydrogens (primary N) is 1. The van der Waals surface area contributed by atoms with Crippen molar-refractivity contribution in [3.63, 3.8) is 0 Å². The molecule has 0 aromatic rings. The van der Waals surface area contributed by atoms with Crippen molar-refractivity contribution in [3.05, 3.63) is 0 Å². The van der Waals surface area contributed by atoms with E-state index < -0.39 is 0 Å². The van der Waals surface area contributed by atoms with Crippen molar-refractivity contribution in [2.45, 2.75) is 71.9 Å². The van der Waals surface area contributed by atoms with Crippen LogP contribution >= 0.6 is 0 Å². The van der Waals surface area contributed by atoms with Crippen LogP contribution in [0.5, 0.6) is 0 Å². The summed E-state index contributed by atoms with van der Waals surface area (Å²) in [6, 6.07) is 0.0173. The van der Waals surface area contributed by atoms with Crippen molar-refractivity contribution in [2.24, 2.45) is 17.1 Å². The summed E-state index contributed by atoms with van der Waals surface area (Å²) >= 11 is 0. The number of carbonyl (C=O) groups excluding carboxylic acids is 2. The second-order valence-electron chi connectivity index (χ2n) is 7.04. The van der Waals surface area contributed by atoms with E-state index in [4.69, 9.17) is 10.5 Å². The van der Waals surface area contributed by atoms with Crippen molar-refractivity contribution in [1.82, 2.24) is 5.32 Å². The lowest BCUT2D eigenvalue weighted by atomic mass is 9.84. The Morgan fingerprint density at radius 3 is 2.29 bits per heavy atom. The zero-order valence-corrected chi connectivity index (χ0v) is 13.8. The summed E-state index contributed by atoms with van der Waals surface area (Å²) in [6.07, 6.45) is 3.59. The van der Waals surface area contributed by atoms with E-state index >= 15 is 0 Å². The molecule has 122 valence electrons. The van der Waals surface area contributed by atoms with E-state index in [2.05, 4.69) is 5.32 Å². The van der Waals surface area contributed by atoms with Gasteiger partial charge in [0.25, 0.3) is 0 Å². The van der Waals surface area contributed by atoms with E-state index in [1.165, 1.54) is 0 Å². The van der Waals surface area contributed by atoms with E-state index in [0.29, 0.717) is 13.0 Å². The molecule has 1 rings (SSSR count). The average molecular weight is 298 g/mol. The van der Waals surface area contributed by atoms with Crippen molar-refractivity contribution in [2.75, 3.05) is 6.61 Å². The molecular formula is C16H30N2O3. The van der Waals surface area contributed by atoms with Gasteiger partial charge in [-0.25, -0.2) is 0 Å². The molecule has 0 bridgehead atoms. The van der Waals surface area contributed by atoms with E-state index in [-0.39, 0.29) is 35.3 Å². The highest BCUT2D eigenvalue weighted by Crippen LogP contribution is 2.26. The molecule has 1 unspecified atom stereocenters. The van der Waals surface area contributed by atoms with Crippen LogP contribution in [0.15, 0.2) is 0 Å². The third kappa shape index (κ3) is 6.04. The molecule has 1 saturated carbocycles. The zero-order valence-electron chi connectivity index (χ0n) is 13.8. The van der Waals surface area contributed by atoms with Crippen LogP contribution in [-0.4, -0.2) is 30.6 Å². The Labute approximate surface area is 128 Å². The lowest BCUT2D eigenvalue weighted by molar-refractivity contribution is -0.149. The van der Waals surface area contributed by atoms with Gasteiger partial charge in [0.15, 0.2) is 0 Å². The number of ether oxygens (including phenoxy) is 1. The Balaban J connectivity index is 2.32. The van der Waals surface area contributed by atoms with Crippen LogP contribution < -0.4 is 11.1 Å². The van der Waals surface area contributed by atoms with Crippen LogP contribution in [-0.2, 0) is 14.3 Å². The minimum Gasteiger partial charge on any atom is -0.466 e. The Morgan fingerprint density at radius 2 is 1.81 bits per heavy atom. The Hall–Kier alpha value is -1.10. The molecule has 3 N–H and O–H groups in total. The van der Waals surface area contributed by atoms with Crippen molar-refractivity contribution in [1.29, 1.82) is 0 Å². The second-order valence-corrected chi connectivity index (χ2v) is 7.04. The molecule has 5 heteroatoms. The van der Waals surface area contributed by atoms with Gasteiger partial charge in [-0.1, -0.05) is 20.8 Å². The maximum atomic E-state index is 12.0. The average Bonchev–Trinajstić information content (AvgIpc) is 2.38. The number of hydrogen-bond acceptors (Lipinski definition) is 4. The van der Waals surface area contributed by atoms with E-state index in [1.54, 1.807) is 0 Å². The highest BCUT2D eigenvalue weighted by molar-refractivity contribution is 5.77. The van der Waals surface area contributed by atoms with Gasteiger partial charge in [0, 0.05) is 18.5 Å². The summed E-state index contributed by atoms with van der Waals surface area (Å²) in [6.45, 7) is 8.36. The monoisotopic (exact) mass is 298 g/mol. The fourth-order valence-corrected chi connectivity index (χ4v) is 2.53. The quantitative estimate of drug-likeness (QED) is 0.761. The number of esters is 1. The molecule has 1 atom stereocenters. The lowest BCUT2D eigenvalue weighted by Gasteiger charge is -2.30. The van der Waals surface area contributed by atoms with Crippen LogP contribution in [0, 0.1) is 11.3 Å². The predicted molar refractivity (Wildman–Crippen MR) is 82.6 cm³/mol. The highest BCUT2D eigenvalue weighted by Gasteiger charge is 2.29. The summed E-state index contributed by atoms with van der Waals surface area (Å²) in [5.41, 5.74) is 5.96. The molecule has 0 aliphatic heterocycles. The number of rotatable bonds is 5. The third-order valence-electron chi connectivity index (χ3n) is 4.23. The van der Waals surface area contributed by atoms with Crippen LogP contribution in [0.2, 0.25) is 0 Å². The van der Waals surface area contributed by atoms with Crippen molar-refractivity contribution in [3.8, 4) is 0 Å². The zero-order chi connectivity index (χ0) is 16.0. The molecule has 0 radical (unpaired) electrons. The van der Waals surface area contributed by atoms with E-state index in [0.717, 1.165) is 25.7 Å². The van der Waals surface area contributed by atoms with Gasteiger partial charge in [0.1, 0.15) is 0 Å². The predicted octanol–water partition coefficient (Wildman–Crippen LogP) is 1.99. The van der Waals surface area contributed by atoms with Gasteiger partial charge in [0.05, 0.1) is 12.5 Å². The van der Waals surface area contributed by atoms with Gasteiger partial charge in [-0.15, -0.1) is 0 Å². The summed E-state index contributed by atoms with van der Waals surface area (Å²) in [7, 11) is 0. The van der Waals surface area contributed by atoms with E-state index in [9.17, 15) is 9.59 Å². The first-order valence-corrected chi connectivity index (χ1v) is 7.95. The normalized spacial score (nSPS) is 24.2. The third-order valence-corrected chi connectivity index (χ3v) is 4.23. The standard InChI is InChI=1S/C16H30N2O3/c1-5-21-15(20)11-6-8-12(9-7-11)18-14(19)10-13(17)16(2,3)4/h11-13H,5-10,17H2,1-4H3,(H,18,19). The van der Waals surface area contributed by atoms with Crippen LogP contribution in [0.3, 0.4) is 0 Å². The molecule has 0 spiro atoms. The smallest absolute Gasteiger partial charge is 0.308 e. The molecule has 0 aromatic heterocycles. The van der Waals surface area contributed by atoms with Gasteiger partial charge in [0.2, 0.25) is 5.91 Å². The van der Waals surface area contributed by atoms with Crippen LogP contribution in [0.25, 0.3) is 0 Å². The largest absolute Gasteiger partial charge is 0.466 e. The first-order chi connectivity index (χ1) is 9.74. The summed E-state index contributed by atoms with van der Waals surface area (Å²) in [4.78, 5) is 23.7. The minimum atomic E-state index is -0.145. The molecule has 1 aliphatic rings. The van der Waals surface area contributed by atoms with Gasteiger partial charge in [-0.2, -0.15) is 0 Å². The number of hydrogen-bond donors (Lipinski definition) is 2. The molecular weight excluding hydrogens is 268 g/mol. The molecule has 0 aromatic carbocycles. The minimum absolute atomic E-state index is 0.00469. The SMILES string of the molecule is CCOC(=O)C1CCC(NC(=O)CC(N)C(C)(C)C)CC1. The number of amides is 1. The number of nitrogens with one attached hydrogen (secondary N) is 1. The summed E-state index contributed by atoms with van der Waals surface area (Å²) in [5.74, 6) is -0.0935. The van der Waals surface area contributed by atoms with Crippen molar-refractivity contribution < 1.29 is 14.3 Å². The van der Waals surface area contributed by atoms with Gasteiger partial charge >= 0.3 is 5.97 Å². The maximum absolute atomic E-state index is 12.0. The Bertz CT molecular complexity index is 355. The maximum Gasteiger partial charge on any atom is 0.308 e. The van der Waals surface area contributed by atoms with Crippen molar-refractivity contribution >= 4 is 11.9 Å². The highest BCUT2D eigenvalue weighted by atomic mass is 16.5. The molecule has 1 amide bonds. The summed E-state index contributed by atoms with van der Waals surface area (Å²) in [5, 5.41) is 3.04. The van der Waals surface area contributed by atoms with Crippen LogP contribution in [0.1, 0.15) is 59.8 Å². The van der Waals surface area contributed by atoms with E-state index in [1.807, 2.05) is 27.7 Å². The first-order valence-electron chi connectivity index (χ1n) is 7.95. The Morgan fingerprint density at radius 1 is 1.24 bits per heavy atom. The Kier molecular flexibility index (Phi) is 6.65. The molecule has 0 saturated heterocycles. The fourth-order valence-electron chi connectivity index (χ4n) is 2.53. The van der Waals surface area contributed by atoms with Gasteiger partial charge < -0.3 is 15.8 Å². The summed E-state index contributed by atoms with van der Waals surface area (Å²) < 4.78 is 5.04. The first kappa shape index (κ1) is 18.0. The molecule has 5 nitrogen and oxygen atoms in total. The van der Waals surface area contributed by atoms with Crippen LogP contribution in [0.4, 0.5) is 0 Å². The van der Waals surface area contributed by atoms with Gasteiger partial charge in [-0.05, 0) is 38.0 Å². The lowest BCUT2D eigenvalue weighted by Crippen LogP contribution is -2.44. The van der Waals surface area contributed by atoms with Gasteiger partial charge in [-0.3, -0.25) is 9.59 Å². The molecule has 1 fully saturated rings. The number of carbonyl (C=O) groups is 2. The molecule has 1 aliphatic carbocycles. The molecule has 21 heavy (non-hydrogen) atoms. The topological polar surface area (TPSA) is 81.4 Å². The fraction of sp³-hybridized carbons (Fsp3) is 0.875.